The van der Waals surface area contributed by atoms with Crippen molar-refractivity contribution in [3.05, 3.63) is 63.8 Å². The predicted octanol–water partition coefficient (Wildman–Crippen LogP) is 4.40. The van der Waals surface area contributed by atoms with Crippen molar-refractivity contribution in [2.45, 2.75) is 30.7 Å². The molecule has 1 amide bonds. The summed E-state index contributed by atoms with van der Waals surface area (Å²) in [5, 5.41) is 0. The summed E-state index contributed by atoms with van der Waals surface area (Å²) < 4.78 is 28.0. The van der Waals surface area contributed by atoms with Gasteiger partial charge in [-0.25, -0.2) is 8.42 Å². The lowest BCUT2D eigenvalue weighted by Crippen LogP contribution is -2.36. The van der Waals surface area contributed by atoms with Gasteiger partial charge < -0.3 is 4.90 Å². The third-order valence-corrected chi connectivity index (χ3v) is 7.76. The van der Waals surface area contributed by atoms with Gasteiger partial charge in [0, 0.05) is 30.1 Å². The predicted molar refractivity (Wildman–Crippen MR) is 113 cm³/mol. The Bertz CT molecular complexity index is 950. The van der Waals surface area contributed by atoms with Crippen LogP contribution < -0.4 is 0 Å². The molecule has 2 aromatic rings. The molecular formula is C20H23ClN2O3S2. The Hall–Kier alpha value is -1.67. The molecule has 1 aliphatic heterocycles. The van der Waals surface area contributed by atoms with Crippen LogP contribution in [0.3, 0.4) is 0 Å². The fourth-order valence-electron chi connectivity index (χ4n) is 3.23. The van der Waals surface area contributed by atoms with Crippen molar-refractivity contribution < 1.29 is 13.2 Å². The first-order valence-electron chi connectivity index (χ1n) is 9.16. The van der Waals surface area contributed by atoms with Crippen molar-refractivity contribution in [3.8, 4) is 0 Å². The number of nitrogens with zero attached hydrogens (tertiary/aromatic N) is 2. The molecule has 150 valence electrons. The normalized spacial score (nSPS) is 15.3. The van der Waals surface area contributed by atoms with E-state index in [0.29, 0.717) is 36.1 Å². The third-order valence-electron chi connectivity index (χ3n) is 4.65. The van der Waals surface area contributed by atoms with Crippen molar-refractivity contribution in [2.24, 2.45) is 0 Å². The number of hydrogen-bond acceptors (Lipinski definition) is 4. The minimum absolute atomic E-state index is 0.165. The van der Waals surface area contributed by atoms with Crippen LogP contribution in [0.5, 0.6) is 0 Å². The number of sulfonamides is 1. The van der Waals surface area contributed by atoms with Crippen molar-refractivity contribution in [3.63, 3.8) is 0 Å². The number of thiophene rings is 1. The summed E-state index contributed by atoms with van der Waals surface area (Å²) in [5.74, 6) is -0.236. The molecule has 8 heteroatoms. The van der Waals surface area contributed by atoms with E-state index in [-0.39, 0.29) is 10.8 Å². The first kappa shape index (κ1) is 21.0. The maximum Gasteiger partial charge on any atom is 0.254 e. The molecule has 0 unspecified atom stereocenters. The topological polar surface area (TPSA) is 57.7 Å². The fourth-order valence-corrected chi connectivity index (χ4v) is 5.89. The standard InChI is InChI=1S/C20H23ClN2O3S2/c1-2-11-22(15-17-9-10-19(21)27-17)20(24)16-7-6-8-18(14-16)28(25,26)23-12-4-3-5-13-23/h2,6-10,14H,1,3-5,11-13,15H2. The highest BCUT2D eigenvalue weighted by molar-refractivity contribution is 7.89. The maximum atomic E-state index is 13.0. The molecule has 0 radical (unpaired) electrons. The van der Waals surface area contributed by atoms with Crippen molar-refractivity contribution >= 4 is 38.9 Å². The lowest BCUT2D eigenvalue weighted by atomic mass is 10.2. The van der Waals surface area contributed by atoms with E-state index in [9.17, 15) is 13.2 Å². The van der Waals surface area contributed by atoms with E-state index in [1.54, 1.807) is 35.2 Å². The second-order valence-electron chi connectivity index (χ2n) is 6.67. The van der Waals surface area contributed by atoms with E-state index < -0.39 is 10.0 Å². The van der Waals surface area contributed by atoms with E-state index in [1.165, 1.54) is 21.7 Å². The Labute approximate surface area is 175 Å². The van der Waals surface area contributed by atoms with Crippen LogP contribution in [0.1, 0.15) is 34.5 Å². The molecule has 0 N–H and O–H groups in total. The molecule has 1 aromatic carbocycles. The van der Waals surface area contributed by atoms with Crippen LogP contribution in [0.4, 0.5) is 0 Å². The summed E-state index contributed by atoms with van der Waals surface area (Å²) in [5.41, 5.74) is 0.350. The summed E-state index contributed by atoms with van der Waals surface area (Å²) in [6.07, 6.45) is 4.44. The zero-order valence-electron chi connectivity index (χ0n) is 15.5. The van der Waals surface area contributed by atoms with Crippen molar-refractivity contribution in [1.82, 2.24) is 9.21 Å². The third kappa shape index (κ3) is 4.84. The average molecular weight is 439 g/mol. The lowest BCUT2D eigenvalue weighted by Gasteiger charge is -2.26. The molecule has 2 heterocycles. The first-order chi connectivity index (χ1) is 13.4. The van der Waals surface area contributed by atoms with Crippen molar-refractivity contribution in [2.75, 3.05) is 19.6 Å². The van der Waals surface area contributed by atoms with Crippen LogP contribution in [-0.2, 0) is 16.6 Å². The summed E-state index contributed by atoms with van der Waals surface area (Å²) in [4.78, 5) is 15.8. The number of hydrogen-bond donors (Lipinski definition) is 0. The van der Waals surface area contributed by atoms with Gasteiger partial charge in [0.15, 0.2) is 0 Å². The molecule has 28 heavy (non-hydrogen) atoms. The minimum Gasteiger partial charge on any atom is -0.330 e. The molecule has 0 bridgehead atoms. The highest BCUT2D eigenvalue weighted by atomic mass is 35.5. The second-order valence-corrected chi connectivity index (χ2v) is 10.4. The van der Waals surface area contributed by atoms with Gasteiger partial charge in [0.25, 0.3) is 5.91 Å². The minimum atomic E-state index is -3.58. The number of rotatable bonds is 7. The van der Waals surface area contributed by atoms with Gasteiger partial charge in [0.05, 0.1) is 15.8 Å². The second kappa shape index (κ2) is 9.22. The number of carbonyl (C=O) groups excluding carboxylic acids is 1. The number of amides is 1. The Morgan fingerprint density at radius 3 is 2.61 bits per heavy atom. The van der Waals surface area contributed by atoms with Gasteiger partial charge >= 0.3 is 0 Å². The van der Waals surface area contributed by atoms with Crippen LogP contribution in [0, 0.1) is 0 Å². The summed E-state index contributed by atoms with van der Waals surface area (Å²) in [6.45, 7) is 5.54. The molecule has 0 aliphatic carbocycles. The highest BCUT2D eigenvalue weighted by Gasteiger charge is 2.27. The smallest absolute Gasteiger partial charge is 0.254 e. The van der Waals surface area contributed by atoms with Crippen LogP contribution in [0.25, 0.3) is 0 Å². The lowest BCUT2D eigenvalue weighted by molar-refractivity contribution is 0.0764. The fraction of sp³-hybridized carbons (Fsp3) is 0.350. The molecule has 1 saturated heterocycles. The zero-order valence-corrected chi connectivity index (χ0v) is 17.9. The van der Waals surface area contributed by atoms with Crippen LogP contribution >= 0.6 is 22.9 Å². The highest BCUT2D eigenvalue weighted by Crippen LogP contribution is 2.25. The van der Waals surface area contributed by atoms with Gasteiger partial charge in [-0.2, -0.15) is 4.31 Å². The Kier molecular flexibility index (Phi) is 6.93. The largest absolute Gasteiger partial charge is 0.330 e. The molecule has 0 atom stereocenters. The SMILES string of the molecule is C=CCN(Cc1ccc(Cl)s1)C(=O)c1cccc(S(=O)(=O)N2CCCCC2)c1. The number of piperidine rings is 1. The number of halogens is 1. The van der Waals surface area contributed by atoms with Gasteiger partial charge in [-0.15, -0.1) is 17.9 Å². The van der Waals surface area contributed by atoms with Gasteiger partial charge in [-0.05, 0) is 43.2 Å². The van der Waals surface area contributed by atoms with Crippen molar-refractivity contribution in [1.29, 1.82) is 0 Å². The van der Waals surface area contributed by atoms with E-state index in [0.717, 1.165) is 24.1 Å². The van der Waals surface area contributed by atoms with Gasteiger partial charge in [-0.3, -0.25) is 4.79 Å². The molecule has 1 aromatic heterocycles. The van der Waals surface area contributed by atoms with E-state index in [4.69, 9.17) is 11.6 Å². The zero-order chi connectivity index (χ0) is 20.1. The maximum absolute atomic E-state index is 13.0. The first-order valence-corrected chi connectivity index (χ1v) is 11.8. The van der Waals surface area contributed by atoms with Gasteiger partial charge in [0.2, 0.25) is 10.0 Å². The van der Waals surface area contributed by atoms with E-state index in [1.807, 2.05) is 6.07 Å². The number of benzene rings is 1. The molecule has 0 saturated carbocycles. The summed E-state index contributed by atoms with van der Waals surface area (Å²) in [7, 11) is -3.58. The monoisotopic (exact) mass is 438 g/mol. The quantitative estimate of drug-likeness (QED) is 0.602. The average Bonchev–Trinajstić information content (AvgIpc) is 3.12. The Balaban J connectivity index is 1.84. The van der Waals surface area contributed by atoms with Gasteiger partial charge in [0.1, 0.15) is 0 Å². The van der Waals surface area contributed by atoms with E-state index in [2.05, 4.69) is 6.58 Å². The molecular weight excluding hydrogens is 416 g/mol. The molecule has 5 nitrogen and oxygen atoms in total. The van der Waals surface area contributed by atoms with E-state index >= 15 is 0 Å². The molecule has 1 fully saturated rings. The Morgan fingerprint density at radius 1 is 1.21 bits per heavy atom. The molecule has 0 spiro atoms. The molecule has 1 aliphatic rings. The summed E-state index contributed by atoms with van der Waals surface area (Å²) in [6, 6.07) is 9.98. The van der Waals surface area contributed by atoms with Crippen LogP contribution in [0.2, 0.25) is 4.34 Å². The summed E-state index contributed by atoms with van der Waals surface area (Å²) >= 11 is 7.40. The van der Waals surface area contributed by atoms with Crippen LogP contribution in [-0.4, -0.2) is 43.2 Å². The van der Waals surface area contributed by atoms with Gasteiger partial charge in [-0.1, -0.05) is 30.2 Å². The number of carbonyl (C=O) groups is 1. The Morgan fingerprint density at radius 2 is 1.96 bits per heavy atom. The van der Waals surface area contributed by atoms with Crippen LogP contribution in [0.15, 0.2) is 53.9 Å². The molecule has 3 rings (SSSR count).